The Hall–Kier alpha value is -3.11. The molecule has 4 rings (SSSR count). The second-order valence-electron chi connectivity index (χ2n) is 6.44. The van der Waals surface area contributed by atoms with Crippen LogP contribution in [0.15, 0.2) is 66.7 Å². The van der Waals surface area contributed by atoms with E-state index in [1.165, 1.54) is 0 Å². The predicted octanol–water partition coefficient (Wildman–Crippen LogP) is 6.39. The van der Waals surface area contributed by atoms with Crippen LogP contribution >= 0.6 is 11.6 Å². The third-order valence-electron chi connectivity index (χ3n) is 4.44. The topological polar surface area (TPSA) is 49.8 Å². The zero-order chi connectivity index (χ0) is 18.8. The lowest BCUT2D eigenvalue weighted by molar-refractivity contribution is 1.20. The van der Waals surface area contributed by atoms with Gasteiger partial charge in [-0.2, -0.15) is 4.98 Å². The maximum absolute atomic E-state index is 6.06. The average molecular weight is 375 g/mol. The van der Waals surface area contributed by atoms with Crippen LogP contribution in [-0.4, -0.2) is 9.97 Å². The van der Waals surface area contributed by atoms with Crippen LogP contribution in [0.4, 0.5) is 23.1 Å². The Balaban J connectivity index is 1.77. The van der Waals surface area contributed by atoms with Gasteiger partial charge in [0.1, 0.15) is 5.82 Å². The van der Waals surface area contributed by atoms with Gasteiger partial charge in [0, 0.05) is 21.8 Å². The molecule has 134 valence electrons. The maximum atomic E-state index is 6.06. The molecule has 0 unspecified atom stereocenters. The normalized spacial score (nSPS) is 10.8. The fourth-order valence-corrected chi connectivity index (χ4v) is 3.18. The van der Waals surface area contributed by atoms with Gasteiger partial charge in [-0.05, 0) is 61.4 Å². The van der Waals surface area contributed by atoms with Crippen molar-refractivity contribution in [1.82, 2.24) is 9.97 Å². The van der Waals surface area contributed by atoms with E-state index < -0.39 is 0 Å². The van der Waals surface area contributed by atoms with Gasteiger partial charge in [-0.25, -0.2) is 4.98 Å². The molecule has 0 aliphatic heterocycles. The summed E-state index contributed by atoms with van der Waals surface area (Å²) in [7, 11) is 0. The molecule has 0 aliphatic rings. The number of nitrogens with one attached hydrogen (secondary N) is 2. The summed E-state index contributed by atoms with van der Waals surface area (Å²) in [6.07, 6.45) is 0. The Labute approximate surface area is 163 Å². The molecule has 27 heavy (non-hydrogen) atoms. The molecule has 3 aromatic carbocycles. The van der Waals surface area contributed by atoms with Crippen molar-refractivity contribution in [3.63, 3.8) is 0 Å². The van der Waals surface area contributed by atoms with Crippen molar-refractivity contribution in [1.29, 1.82) is 0 Å². The number of hydrogen-bond donors (Lipinski definition) is 2. The van der Waals surface area contributed by atoms with Crippen LogP contribution in [0.25, 0.3) is 10.9 Å². The number of nitrogens with zero attached hydrogens (tertiary/aromatic N) is 2. The van der Waals surface area contributed by atoms with Crippen LogP contribution in [0, 0.1) is 13.8 Å². The molecule has 0 bridgehead atoms. The van der Waals surface area contributed by atoms with E-state index in [-0.39, 0.29) is 0 Å². The molecule has 0 saturated heterocycles. The van der Waals surface area contributed by atoms with Gasteiger partial charge in [-0.3, -0.25) is 0 Å². The second-order valence-corrected chi connectivity index (χ2v) is 6.87. The van der Waals surface area contributed by atoms with Crippen LogP contribution in [0.2, 0.25) is 5.02 Å². The van der Waals surface area contributed by atoms with Crippen molar-refractivity contribution >= 4 is 45.6 Å². The Morgan fingerprint density at radius 3 is 2.30 bits per heavy atom. The van der Waals surface area contributed by atoms with E-state index in [0.717, 1.165) is 39.2 Å². The number of hydrogen-bond acceptors (Lipinski definition) is 4. The van der Waals surface area contributed by atoms with Gasteiger partial charge < -0.3 is 10.6 Å². The van der Waals surface area contributed by atoms with Crippen molar-refractivity contribution in [3.8, 4) is 0 Å². The van der Waals surface area contributed by atoms with Gasteiger partial charge >= 0.3 is 0 Å². The molecule has 1 heterocycles. The number of aromatic nitrogens is 2. The summed E-state index contributed by atoms with van der Waals surface area (Å²) in [6, 6.07) is 21.8. The molecule has 0 atom stereocenters. The molecule has 1 aromatic heterocycles. The fourth-order valence-electron chi connectivity index (χ4n) is 2.96. The molecule has 2 N–H and O–H groups in total. The Morgan fingerprint density at radius 2 is 1.48 bits per heavy atom. The lowest BCUT2D eigenvalue weighted by atomic mass is 10.2. The van der Waals surface area contributed by atoms with Gasteiger partial charge in [0.15, 0.2) is 0 Å². The summed E-state index contributed by atoms with van der Waals surface area (Å²) in [4.78, 5) is 9.39. The fraction of sp³-hybridized carbons (Fsp3) is 0.0909. The highest BCUT2D eigenvalue weighted by Crippen LogP contribution is 2.28. The summed E-state index contributed by atoms with van der Waals surface area (Å²) in [5.74, 6) is 1.30. The van der Waals surface area contributed by atoms with Gasteiger partial charge in [-0.15, -0.1) is 0 Å². The van der Waals surface area contributed by atoms with Crippen molar-refractivity contribution in [2.75, 3.05) is 10.6 Å². The van der Waals surface area contributed by atoms with Crippen molar-refractivity contribution < 1.29 is 0 Å². The SMILES string of the molecule is Cc1cc(Cl)ccc1Nc1nc(Nc2ccccc2C)c2ccccc2n1. The zero-order valence-corrected chi connectivity index (χ0v) is 15.9. The molecular formula is C22H19ClN4. The molecule has 0 radical (unpaired) electrons. The molecule has 0 amide bonds. The highest BCUT2D eigenvalue weighted by Gasteiger charge is 2.10. The highest BCUT2D eigenvalue weighted by atomic mass is 35.5. The van der Waals surface area contributed by atoms with Crippen LogP contribution < -0.4 is 10.6 Å². The monoisotopic (exact) mass is 374 g/mol. The van der Waals surface area contributed by atoms with Crippen molar-refractivity contribution in [2.45, 2.75) is 13.8 Å². The number of benzene rings is 3. The Bertz CT molecular complexity index is 1120. The van der Waals surface area contributed by atoms with E-state index in [2.05, 4.69) is 28.6 Å². The minimum absolute atomic E-state index is 0.537. The molecule has 4 nitrogen and oxygen atoms in total. The van der Waals surface area contributed by atoms with Crippen LogP contribution in [0.5, 0.6) is 0 Å². The predicted molar refractivity (Wildman–Crippen MR) is 113 cm³/mol. The zero-order valence-electron chi connectivity index (χ0n) is 15.1. The van der Waals surface area contributed by atoms with Crippen LogP contribution in [0.3, 0.4) is 0 Å². The summed E-state index contributed by atoms with van der Waals surface area (Å²) in [5.41, 5.74) is 5.01. The Kier molecular flexibility index (Phi) is 4.65. The van der Waals surface area contributed by atoms with E-state index >= 15 is 0 Å². The Morgan fingerprint density at radius 1 is 0.741 bits per heavy atom. The van der Waals surface area contributed by atoms with E-state index in [1.54, 1.807) is 0 Å². The lowest BCUT2D eigenvalue weighted by Crippen LogP contribution is -2.03. The average Bonchev–Trinajstić information content (AvgIpc) is 2.66. The standard InChI is InChI=1S/C22H19ClN4/c1-14-7-3-5-9-18(14)24-21-17-8-4-6-10-20(17)26-22(27-21)25-19-12-11-16(23)13-15(19)2/h3-13H,1-2H3,(H2,24,25,26,27). The molecule has 0 fully saturated rings. The third kappa shape index (κ3) is 3.71. The summed E-state index contributed by atoms with van der Waals surface area (Å²) in [6.45, 7) is 4.07. The van der Waals surface area contributed by atoms with Gasteiger partial charge in [0.05, 0.1) is 5.52 Å². The first-order valence-electron chi connectivity index (χ1n) is 8.73. The van der Waals surface area contributed by atoms with E-state index in [1.807, 2.05) is 67.6 Å². The smallest absolute Gasteiger partial charge is 0.229 e. The van der Waals surface area contributed by atoms with Crippen molar-refractivity contribution in [2.24, 2.45) is 0 Å². The van der Waals surface area contributed by atoms with Gasteiger partial charge in [0.2, 0.25) is 5.95 Å². The summed E-state index contributed by atoms with van der Waals surface area (Å²) < 4.78 is 0. The largest absolute Gasteiger partial charge is 0.339 e. The minimum atomic E-state index is 0.537. The molecule has 5 heteroatoms. The summed E-state index contributed by atoms with van der Waals surface area (Å²) >= 11 is 6.06. The number of para-hydroxylation sites is 2. The minimum Gasteiger partial charge on any atom is -0.339 e. The number of fused-ring (bicyclic) bond motifs is 1. The number of anilines is 4. The van der Waals surface area contributed by atoms with Crippen LogP contribution in [-0.2, 0) is 0 Å². The first-order chi connectivity index (χ1) is 13.1. The third-order valence-corrected chi connectivity index (χ3v) is 4.67. The maximum Gasteiger partial charge on any atom is 0.229 e. The molecule has 4 aromatic rings. The second kappa shape index (κ2) is 7.25. The van der Waals surface area contributed by atoms with Gasteiger partial charge in [-0.1, -0.05) is 41.9 Å². The summed E-state index contributed by atoms with van der Waals surface area (Å²) in [5, 5.41) is 8.44. The number of halogens is 1. The van der Waals surface area contributed by atoms with Crippen molar-refractivity contribution in [3.05, 3.63) is 82.9 Å². The lowest BCUT2D eigenvalue weighted by Gasteiger charge is -2.14. The molecule has 0 aliphatic carbocycles. The quantitative estimate of drug-likeness (QED) is 0.434. The molecular weight excluding hydrogens is 356 g/mol. The van der Waals surface area contributed by atoms with Gasteiger partial charge in [0.25, 0.3) is 0 Å². The first-order valence-corrected chi connectivity index (χ1v) is 9.10. The molecule has 0 spiro atoms. The first kappa shape index (κ1) is 17.3. The van der Waals surface area contributed by atoms with E-state index in [0.29, 0.717) is 11.0 Å². The number of rotatable bonds is 4. The highest BCUT2D eigenvalue weighted by molar-refractivity contribution is 6.30. The van der Waals surface area contributed by atoms with E-state index in [4.69, 9.17) is 16.6 Å². The molecule has 0 saturated carbocycles. The number of aryl methyl sites for hydroxylation is 2. The van der Waals surface area contributed by atoms with Crippen LogP contribution in [0.1, 0.15) is 11.1 Å². The van der Waals surface area contributed by atoms with E-state index in [9.17, 15) is 0 Å².